The lowest BCUT2D eigenvalue weighted by molar-refractivity contribution is -0.141. The van der Waals surface area contributed by atoms with Gasteiger partial charge in [-0.3, -0.25) is 4.79 Å². The lowest BCUT2D eigenvalue weighted by atomic mass is 9.94. The zero-order valence-corrected chi connectivity index (χ0v) is 9.95. The molecule has 1 aromatic carbocycles. The number of hydrogen-bond donors (Lipinski definition) is 1. The van der Waals surface area contributed by atoms with E-state index in [0.717, 1.165) is 12.1 Å². The summed E-state index contributed by atoms with van der Waals surface area (Å²) in [5.74, 6) is -2.49. The summed E-state index contributed by atoms with van der Waals surface area (Å²) < 4.78 is 49.1. The molecule has 1 N–H and O–H groups in total. The third kappa shape index (κ3) is 2.59. The van der Waals surface area contributed by atoms with Crippen molar-refractivity contribution in [2.75, 3.05) is 13.2 Å². The number of aliphatic carboxylic acids is 1. The summed E-state index contributed by atoms with van der Waals surface area (Å²) in [6.45, 7) is 1.58. The summed E-state index contributed by atoms with van der Waals surface area (Å²) >= 11 is 0. The molecule has 1 aromatic rings. The first kappa shape index (κ1) is 13.5. The van der Waals surface area contributed by atoms with Crippen molar-refractivity contribution < 1.29 is 32.5 Å². The van der Waals surface area contributed by atoms with Crippen LogP contribution in [-0.2, 0) is 11.0 Å². The lowest BCUT2D eigenvalue weighted by Gasteiger charge is -2.23. The number of hydrogen-bond acceptors (Lipinski definition) is 3. The molecule has 1 atom stereocenters. The van der Waals surface area contributed by atoms with Crippen LogP contribution in [0.15, 0.2) is 12.1 Å². The van der Waals surface area contributed by atoms with Crippen LogP contribution in [0.3, 0.4) is 0 Å². The van der Waals surface area contributed by atoms with E-state index in [1.54, 1.807) is 0 Å². The van der Waals surface area contributed by atoms with Crippen molar-refractivity contribution in [3.8, 4) is 11.5 Å². The van der Waals surface area contributed by atoms with Crippen LogP contribution in [0.5, 0.6) is 11.5 Å². The third-order valence-electron chi connectivity index (χ3n) is 2.86. The molecule has 4 nitrogen and oxygen atoms in total. The predicted molar refractivity (Wildman–Crippen MR) is 58.5 cm³/mol. The van der Waals surface area contributed by atoms with Gasteiger partial charge in [-0.15, -0.1) is 0 Å². The second-order valence-corrected chi connectivity index (χ2v) is 4.14. The van der Waals surface area contributed by atoms with Gasteiger partial charge >= 0.3 is 12.1 Å². The van der Waals surface area contributed by atoms with E-state index in [0.29, 0.717) is 0 Å². The Morgan fingerprint density at radius 2 is 1.79 bits per heavy atom. The normalized spacial score (nSPS) is 16.0. The minimum Gasteiger partial charge on any atom is -0.486 e. The molecule has 19 heavy (non-hydrogen) atoms. The van der Waals surface area contributed by atoms with E-state index in [1.165, 1.54) is 6.92 Å². The summed E-state index contributed by atoms with van der Waals surface area (Å²) in [4.78, 5) is 10.9. The van der Waals surface area contributed by atoms with E-state index in [4.69, 9.17) is 14.6 Å². The first-order valence-electron chi connectivity index (χ1n) is 5.54. The second kappa shape index (κ2) is 4.64. The van der Waals surface area contributed by atoms with Crippen LogP contribution in [0.1, 0.15) is 24.0 Å². The van der Waals surface area contributed by atoms with Crippen molar-refractivity contribution >= 4 is 5.97 Å². The molecule has 0 spiro atoms. The molecule has 0 fully saturated rings. The number of carboxylic acid groups (broad SMARTS) is 1. The molecule has 0 bridgehead atoms. The number of fused-ring (bicyclic) bond motifs is 1. The Morgan fingerprint density at radius 3 is 2.26 bits per heavy atom. The minimum absolute atomic E-state index is 0.0140. The molecular weight excluding hydrogens is 265 g/mol. The smallest absolute Gasteiger partial charge is 0.416 e. The summed E-state index contributed by atoms with van der Waals surface area (Å²) in [6.07, 6.45) is -4.64. The maximum Gasteiger partial charge on any atom is 0.416 e. The Morgan fingerprint density at radius 1 is 1.26 bits per heavy atom. The van der Waals surface area contributed by atoms with Crippen LogP contribution >= 0.6 is 0 Å². The number of benzene rings is 1. The molecule has 7 heteroatoms. The largest absolute Gasteiger partial charge is 0.486 e. The molecule has 104 valence electrons. The number of alkyl halides is 3. The molecular formula is C12H11F3O4. The topological polar surface area (TPSA) is 55.8 Å². The van der Waals surface area contributed by atoms with Gasteiger partial charge in [0.2, 0.25) is 0 Å². The van der Waals surface area contributed by atoms with Gasteiger partial charge < -0.3 is 14.6 Å². The van der Waals surface area contributed by atoms with Crippen molar-refractivity contribution in [1.29, 1.82) is 0 Å². The SMILES string of the molecule is CC(C(=O)O)c1cc2c(cc1C(F)(F)F)OCCO2. The fourth-order valence-electron chi connectivity index (χ4n) is 1.84. The zero-order valence-electron chi connectivity index (χ0n) is 9.95. The lowest BCUT2D eigenvalue weighted by Crippen LogP contribution is -2.20. The highest BCUT2D eigenvalue weighted by molar-refractivity contribution is 5.77. The van der Waals surface area contributed by atoms with Gasteiger partial charge in [-0.1, -0.05) is 0 Å². The third-order valence-corrected chi connectivity index (χ3v) is 2.86. The highest BCUT2D eigenvalue weighted by atomic mass is 19.4. The number of ether oxygens (including phenoxy) is 2. The molecule has 1 aliphatic rings. The zero-order chi connectivity index (χ0) is 14.2. The van der Waals surface area contributed by atoms with E-state index in [2.05, 4.69) is 0 Å². The van der Waals surface area contributed by atoms with Crippen molar-refractivity contribution in [3.05, 3.63) is 23.3 Å². The summed E-state index contributed by atoms with van der Waals surface area (Å²) in [5.41, 5.74) is -1.34. The van der Waals surface area contributed by atoms with Crippen molar-refractivity contribution in [2.45, 2.75) is 19.0 Å². The second-order valence-electron chi connectivity index (χ2n) is 4.14. The van der Waals surface area contributed by atoms with Gasteiger partial charge in [-0.2, -0.15) is 13.2 Å². The summed E-state index contributed by atoms with van der Waals surface area (Å²) in [5, 5.41) is 8.89. The molecule has 1 heterocycles. The Kier molecular flexibility index (Phi) is 3.30. The van der Waals surface area contributed by atoms with Gasteiger partial charge in [-0.05, 0) is 24.6 Å². The first-order chi connectivity index (χ1) is 8.80. The Bertz CT molecular complexity index is 510. The Hall–Kier alpha value is -1.92. The molecule has 0 saturated heterocycles. The minimum atomic E-state index is -4.64. The molecule has 0 aromatic heterocycles. The van der Waals surface area contributed by atoms with Crippen LogP contribution in [0.2, 0.25) is 0 Å². The van der Waals surface area contributed by atoms with E-state index >= 15 is 0 Å². The van der Waals surface area contributed by atoms with Gasteiger partial charge in [0.25, 0.3) is 0 Å². The molecule has 0 aliphatic carbocycles. The fraction of sp³-hybridized carbons (Fsp3) is 0.417. The molecule has 1 aliphatic heterocycles. The number of halogens is 3. The average Bonchev–Trinajstić information content (AvgIpc) is 2.35. The van der Waals surface area contributed by atoms with Crippen LogP contribution in [0, 0.1) is 0 Å². The van der Waals surface area contributed by atoms with E-state index in [9.17, 15) is 18.0 Å². The number of carboxylic acids is 1. The Balaban J connectivity index is 2.59. The standard InChI is InChI=1S/C12H11F3O4/c1-6(11(16)17)7-4-9-10(19-3-2-18-9)5-8(7)12(13,14)15/h4-6H,2-3H2,1H3,(H,16,17). The molecule has 0 amide bonds. The molecule has 0 saturated carbocycles. The quantitative estimate of drug-likeness (QED) is 0.902. The predicted octanol–water partition coefficient (Wildman–Crippen LogP) is 2.66. The average molecular weight is 276 g/mol. The van der Waals surface area contributed by atoms with Gasteiger partial charge in [-0.25, -0.2) is 0 Å². The van der Waals surface area contributed by atoms with Gasteiger partial charge in [0, 0.05) is 0 Å². The van der Waals surface area contributed by atoms with Crippen LogP contribution in [0.4, 0.5) is 13.2 Å². The van der Waals surface area contributed by atoms with Crippen molar-refractivity contribution in [3.63, 3.8) is 0 Å². The maximum atomic E-state index is 13.0. The van der Waals surface area contributed by atoms with Crippen LogP contribution < -0.4 is 9.47 Å². The number of rotatable bonds is 2. The van der Waals surface area contributed by atoms with E-state index < -0.39 is 23.6 Å². The molecule has 0 radical (unpaired) electrons. The molecule has 1 unspecified atom stereocenters. The fourth-order valence-corrected chi connectivity index (χ4v) is 1.84. The van der Waals surface area contributed by atoms with E-state index in [1.807, 2.05) is 0 Å². The molecule has 2 rings (SSSR count). The van der Waals surface area contributed by atoms with Crippen molar-refractivity contribution in [2.24, 2.45) is 0 Å². The Labute approximate surface area is 106 Å². The number of carbonyl (C=O) groups is 1. The highest BCUT2D eigenvalue weighted by Gasteiger charge is 2.37. The van der Waals surface area contributed by atoms with Gasteiger partial charge in [0.05, 0.1) is 11.5 Å². The van der Waals surface area contributed by atoms with Crippen LogP contribution in [0.25, 0.3) is 0 Å². The van der Waals surface area contributed by atoms with Gasteiger partial charge in [0.15, 0.2) is 11.5 Å². The monoisotopic (exact) mass is 276 g/mol. The van der Waals surface area contributed by atoms with E-state index in [-0.39, 0.29) is 30.3 Å². The van der Waals surface area contributed by atoms with Crippen molar-refractivity contribution in [1.82, 2.24) is 0 Å². The summed E-state index contributed by atoms with van der Waals surface area (Å²) in [7, 11) is 0. The highest BCUT2D eigenvalue weighted by Crippen LogP contribution is 2.42. The summed E-state index contributed by atoms with van der Waals surface area (Å²) in [6, 6.07) is 1.89. The maximum absolute atomic E-state index is 13.0. The van der Waals surface area contributed by atoms with Crippen LogP contribution in [-0.4, -0.2) is 24.3 Å². The first-order valence-corrected chi connectivity index (χ1v) is 5.54. The van der Waals surface area contributed by atoms with Gasteiger partial charge in [0.1, 0.15) is 13.2 Å².